The van der Waals surface area contributed by atoms with Crippen molar-refractivity contribution in [3.63, 3.8) is 0 Å². The predicted octanol–water partition coefficient (Wildman–Crippen LogP) is 4.55. The maximum atomic E-state index is 13.5. The molecule has 192 valence electrons. The normalized spacial score (nSPS) is 17.1. The first-order chi connectivity index (χ1) is 17.6. The molecule has 2 amide bonds. The fourth-order valence-corrected chi connectivity index (χ4v) is 6.24. The summed E-state index contributed by atoms with van der Waals surface area (Å²) in [5, 5.41) is 3.66. The van der Waals surface area contributed by atoms with Crippen LogP contribution < -0.4 is 0 Å². The topological polar surface area (TPSA) is 147 Å². The number of cyclic esters (lactones) is 1. The van der Waals surface area contributed by atoms with Crippen LogP contribution in [0.3, 0.4) is 0 Å². The number of ether oxygens (including phenoxy) is 1. The highest BCUT2D eigenvalue weighted by Gasteiger charge is 2.43. The lowest BCUT2D eigenvalue weighted by Gasteiger charge is -2.25. The van der Waals surface area contributed by atoms with Gasteiger partial charge in [-0.25, -0.2) is 27.1 Å². The van der Waals surface area contributed by atoms with Crippen LogP contribution in [0.15, 0.2) is 65.0 Å². The van der Waals surface area contributed by atoms with Crippen molar-refractivity contribution in [2.75, 3.05) is 6.61 Å². The van der Waals surface area contributed by atoms with E-state index >= 15 is 0 Å². The molecule has 1 saturated heterocycles. The van der Waals surface area contributed by atoms with Crippen LogP contribution in [-0.2, 0) is 19.6 Å². The Morgan fingerprint density at radius 3 is 2.46 bits per heavy atom. The summed E-state index contributed by atoms with van der Waals surface area (Å²) in [4.78, 5) is 34.1. The summed E-state index contributed by atoms with van der Waals surface area (Å²) in [6.45, 7) is 6.88. The number of nitrogens with zero attached hydrogens (tertiary/aromatic N) is 6. The van der Waals surface area contributed by atoms with Gasteiger partial charge in [0, 0.05) is 17.0 Å². The second-order valence-corrected chi connectivity index (χ2v) is 10.8. The van der Waals surface area contributed by atoms with Crippen molar-refractivity contribution >= 4 is 22.0 Å². The van der Waals surface area contributed by atoms with Gasteiger partial charge in [0.25, 0.3) is 10.0 Å². The highest BCUT2D eigenvalue weighted by Crippen LogP contribution is 2.32. The third-order valence-electron chi connectivity index (χ3n) is 6.38. The first-order valence-electron chi connectivity index (χ1n) is 11.5. The van der Waals surface area contributed by atoms with Gasteiger partial charge in [0.2, 0.25) is 5.91 Å². The molecule has 1 aliphatic heterocycles. The molecule has 0 aliphatic carbocycles. The summed E-state index contributed by atoms with van der Waals surface area (Å²) in [6, 6.07) is 10.4. The Morgan fingerprint density at radius 1 is 1.19 bits per heavy atom. The molecule has 4 rings (SSSR count). The number of azide groups is 1. The monoisotopic (exact) mass is 522 g/mol. The lowest BCUT2D eigenvalue weighted by Crippen LogP contribution is -2.42. The van der Waals surface area contributed by atoms with Crippen LogP contribution in [0.25, 0.3) is 10.4 Å². The number of rotatable bonds is 7. The molecule has 2 aromatic carbocycles. The molecule has 0 saturated carbocycles. The second kappa shape index (κ2) is 10.1. The van der Waals surface area contributed by atoms with E-state index in [1.54, 1.807) is 57.2 Å². The van der Waals surface area contributed by atoms with Gasteiger partial charge in [-0.05, 0) is 43.0 Å². The highest BCUT2D eigenvalue weighted by molar-refractivity contribution is 7.90. The van der Waals surface area contributed by atoms with E-state index in [1.807, 2.05) is 13.0 Å². The van der Waals surface area contributed by atoms with Crippen LogP contribution in [0.1, 0.15) is 46.8 Å². The first-order valence-corrected chi connectivity index (χ1v) is 13.0. The minimum Gasteiger partial charge on any atom is -0.446 e. The molecule has 0 spiro atoms. The Kier molecular flexibility index (Phi) is 7.06. The first kappa shape index (κ1) is 25.9. The maximum Gasteiger partial charge on any atom is 0.417 e. The molecule has 37 heavy (non-hydrogen) atoms. The van der Waals surface area contributed by atoms with E-state index in [4.69, 9.17) is 4.74 Å². The number of hydrogen-bond acceptors (Lipinski definition) is 7. The largest absolute Gasteiger partial charge is 0.446 e. The summed E-state index contributed by atoms with van der Waals surface area (Å²) in [6.07, 6.45) is 1.60. The summed E-state index contributed by atoms with van der Waals surface area (Å²) in [7, 11) is -3.98. The number of hydrogen-bond donors (Lipinski definition) is 0. The molecule has 2 heterocycles. The molecular weight excluding hydrogens is 496 g/mol. The Hall–Kier alpha value is -4.15. The minimum atomic E-state index is -3.98. The van der Waals surface area contributed by atoms with Crippen molar-refractivity contribution < 1.29 is 22.7 Å². The van der Waals surface area contributed by atoms with Crippen molar-refractivity contribution in [2.24, 2.45) is 5.11 Å². The number of imide groups is 1. The van der Waals surface area contributed by atoms with Crippen LogP contribution in [0.5, 0.6) is 0 Å². The van der Waals surface area contributed by atoms with Crippen molar-refractivity contribution in [1.29, 1.82) is 0 Å². The maximum absolute atomic E-state index is 13.5. The van der Waals surface area contributed by atoms with Gasteiger partial charge >= 0.3 is 6.09 Å². The smallest absolute Gasteiger partial charge is 0.417 e. The number of benzene rings is 2. The Labute approximate surface area is 214 Å². The van der Waals surface area contributed by atoms with E-state index < -0.39 is 40.0 Å². The van der Waals surface area contributed by atoms with Gasteiger partial charge in [-0.15, -0.1) is 0 Å². The van der Waals surface area contributed by atoms with Crippen LogP contribution in [0.2, 0.25) is 0 Å². The minimum absolute atomic E-state index is 0.0337. The molecule has 12 heteroatoms. The average Bonchev–Trinajstić information content (AvgIpc) is 3.49. The highest BCUT2D eigenvalue weighted by atomic mass is 32.2. The van der Waals surface area contributed by atoms with Gasteiger partial charge in [-0.2, -0.15) is 0 Å². The second-order valence-electron chi connectivity index (χ2n) is 9.01. The van der Waals surface area contributed by atoms with Crippen molar-refractivity contribution in [3.05, 3.63) is 93.4 Å². The van der Waals surface area contributed by atoms with E-state index in [0.717, 1.165) is 20.8 Å². The van der Waals surface area contributed by atoms with E-state index in [9.17, 15) is 23.5 Å². The molecule has 11 nitrogen and oxygen atoms in total. The third kappa shape index (κ3) is 4.81. The summed E-state index contributed by atoms with van der Waals surface area (Å²) < 4.78 is 32.9. The molecule has 0 bridgehead atoms. The predicted molar refractivity (Wildman–Crippen MR) is 134 cm³/mol. The van der Waals surface area contributed by atoms with E-state index in [-0.39, 0.29) is 17.2 Å². The third-order valence-corrected chi connectivity index (χ3v) is 8.30. The number of imidazole rings is 1. The van der Waals surface area contributed by atoms with Crippen LogP contribution in [0.4, 0.5) is 4.79 Å². The van der Waals surface area contributed by atoms with Crippen molar-refractivity contribution in [2.45, 2.75) is 50.6 Å². The summed E-state index contributed by atoms with van der Waals surface area (Å²) >= 11 is 0. The average molecular weight is 523 g/mol. The Morgan fingerprint density at radius 2 is 1.84 bits per heavy atom. The van der Waals surface area contributed by atoms with Gasteiger partial charge < -0.3 is 4.74 Å². The zero-order valence-corrected chi connectivity index (χ0v) is 21.6. The zero-order chi connectivity index (χ0) is 26.9. The van der Waals surface area contributed by atoms with Crippen molar-refractivity contribution in [3.8, 4) is 0 Å². The molecular formula is C25H26N6O5S. The fraction of sp³-hybridized carbons (Fsp3) is 0.320. The molecule has 3 aromatic rings. The molecule has 0 radical (unpaired) electrons. The number of carbonyl (C=O) groups is 2. The number of carbonyl (C=O) groups excluding carboxylic acids is 2. The molecule has 1 aromatic heterocycles. The molecule has 1 aliphatic rings. The Balaban J connectivity index is 1.66. The summed E-state index contributed by atoms with van der Waals surface area (Å²) in [5.41, 5.74) is 12.2. The van der Waals surface area contributed by atoms with Crippen LogP contribution >= 0.6 is 0 Å². The number of aryl methyl sites for hydroxylation is 3. The van der Waals surface area contributed by atoms with E-state index in [1.165, 1.54) is 6.20 Å². The lowest BCUT2D eigenvalue weighted by molar-refractivity contribution is -0.131. The number of amides is 2. The van der Waals surface area contributed by atoms with Gasteiger partial charge in [-0.1, -0.05) is 60.1 Å². The van der Waals surface area contributed by atoms with E-state index in [0.29, 0.717) is 16.7 Å². The Bertz CT molecular complexity index is 1490. The molecule has 0 N–H and O–H groups in total. The molecule has 3 atom stereocenters. The SMILES string of the molecule is Cc1cc(C)c(S(=O)(=O)n2cnc([C@H](C)[C@H](N=[N+]=[N-])C(=O)N3C(=O)OC[C@H]3c3ccccc3)c2)c(C)c1. The lowest BCUT2D eigenvalue weighted by atomic mass is 9.97. The van der Waals surface area contributed by atoms with Crippen LogP contribution in [-0.4, -0.2) is 46.9 Å². The van der Waals surface area contributed by atoms with Crippen molar-refractivity contribution in [1.82, 2.24) is 13.9 Å². The zero-order valence-electron chi connectivity index (χ0n) is 20.8. The fourth-order valence-electron chi connectivity index (χ4n) is 4.67. The standard InChI is InChI=1S/C25H26N6O5S/c1-15-10-16(2)23(17(3)11-15)37(34,35)30-12-20(27-14-30)18(4)22(28-29-26)24(32)31-21(13-36-25(31)33)19-8-6-5-7-9-19/h5-12,14,18,21-22H,13H2,1-4H3/t18-,21-,22-/m0/s1. The molecule has 0 unspecified atom stereocenters. The van der Waals surface area contributed by atoms with E-state index in [2.05, 4.69) is 15.0 Å². The van der Waals surface area contributed by atoms with Gasteiger partial charge in [0.1, 0.15) is 25.0 Å². The quantitative estimate of drug-likeness (QED) is 0.253. The summed E-state index contributed by atoms with van der Waals surface area (Å²) in [5.74, 6) is -1.60. The molecule has 1 fully saturated rings. The van der Waals surface area contributed by atoms with Gasteiger partial charge in [0.05, 0.1) is 10.6 Å². The number of aromatic nitrogens is 2. The van der Waals surface area contributed by atoms with Gasteiger partial charge in [-0.3, -0.25) is 4.79 Å². The van der Waals surface area contributed by atoms with Gasteiger partial charge in [0.15, 0.2) is 0 Å². The van der Waals surface area contributed by atoms with Crippen LogP contribution in [0, 0.1) is 20.8 Å².